The van der Waals surface area contributed by atoms with E-state index >= 15 is 0 Å². The highest BCUT2D eigenvalue weighted by molar-refractivity contribution is 6.35. The molecular weight excluding hydrogens is 337 g/mol. The van der Waals surface area contributed by atoms with Crippen LogP contribution in [0.25, 0.3) is 0 Å². The highest BCUT2D eigenvalue weighted by atomic mass is 35.5. The standard InChI is InChI=1S/C13H8Cl3N3O2/c14-8-2-1-6(5-7(8)12(17)20)18-13(21)11-9(15)3-4-10(16)19-11/h1-5H,(H2,17,20)(H,18,21). The van der Waals surface area contributed by atoms with Gasteiger partial charge in [0.1, 0.15) is 10.8 Å². The van der Waals surface area contributed by atoms with Crippen LogP contribution in [0.1, 0.15) is 20.8 Å². The molecular formula is C13H8Cl3N3O2. The van der Waals surface area contributed by atoms with Gasteiger partial charge < -0.3 is 11.1 Å². The van der Waals surface area contributed by atoms with Crippen LogP contribution in [-0.4, -0.2) is 16.8 Å². The number of pyridine rings is 1. The van der Waals surface area contributed by atoms with E-state index in [4.69, 9.17) is 40.5 Å². The van der Waals surface area contributed by atoms with Gasteiger partial charge in [0.2, 0.25) is 5.91 Å². The lowest BCUT2D eigenvalue weighted by atomic mass is 10.2. The predicted octanol–water partition coefficient (Wildman–Crippen LogP) is 3.39. The highest BCUT2D eigenvalue weighted by Crippen LogP contribution is 2.22. The molecule has 0 aliphatic carbocycles. The molecule has 8 heteroatoms. The van der Waals surface area contributed by atoms with E-state index in [-0.39, 0.29) is 26.5 Å². The van der Waals surface area contributed by atoms with E-state index in [0.29, 0.717) is 5.69 Å². The third kappa shape index (κ3) is 3.64. The minimum absolute atomic E-state index is 0.0280. The first-order chi connectivity index (χ1) is 9.88. The molecule has 2 aromatic rings. The van der Waals surface area contributed by atoms with E-state index in [1.807, 2.05) is 0 Å². The van der Waals surface area contributed by atoms with Gasteiger partial charge in [-0.1, -0.05) is 34.8 Å². The van der Waals surface area contributed by atoms with Gasteiger partial charge in [-0.15, -0.1) is 0 Å². The fourth-order valence-electron chi connectivity index (χ4n) is 1.56. The Kier molecular flexibility index (Phi) is 4.67. The van der Waals surface area contributed by atoms with E-state index in [1.54, 1.807) is 0 Å². The second-order valence-electron chi connectivity index (χ2n) is 3.98. The fourth-order valence-corrected chi connectivity index (χ4v) is 2.11. The average molecular weight is 345 g/mol. The molecule has 0 spiro atoms. The summed E-state index contributed by atoms with van der Waals surface area (Å²) in [5.74, 6) is -1.27. The zero-order chi connectivity index (χ0) is 15.6. The SMILES string of the molecule is NC(=O)c1cc(NC(=O)c2nc(Cl)ccc2Cl)ccc1Cl. The summed E-state index contributed by atoms with van der Waals surface area (Å²) in [6.07, 6.45) is 0. The Morgan fingerprint density at radius 3 is 2.38 bits per heavy atom. The summed E-state index contributed by atoms with van der Waals surface area (Å²) in [5.41, 5.74) is 5.58. The van der Waals surface area contributed by atoms with Crippen LogP contribution in [0.3, 0.4) is 0 Å². The Hall–Kier alpha value is -1.82. The number of anilines is 1. The van der Waals surface area contributed by atoms with Crippen molar-refractivity contribution < 1.29 is 9.59 Å². The largest absolute Gasteiger partial charge is 0.366 e. The Bertz CT molecular complexity index is 735. The van der Waals surface area contributed by atoms with Crippen LogP contribution >= 0.6 is 34.8 Å². The lowest BCUT2D eigenvalue weighted by Crippen LogP contribution is -2.16. The van der Waals surface area contributed by atoms with Crippen molar-refractivity contribution in [1.82, 2.24) is 4.98 Å². The van der Waals surface area contributed by atoms with Crippen molar-refractivity contribution in [3.8, 4) is 0 Å². The number of primary amides is 1. The van der Waals surface area contributed by atoms with Gasteiger partial charge >= 0.3 is 0 Å². The molecule has 0 radical (unpaired) electrons. The number of aromatic nitrogens is 1. The number of amides is 2. The second-order valence-corrected chi connectivity index (χ2v) is 5.18. The van der Waals surface area contributed by atoms with Crippen molar-refractivity contribution in [3.63, 3.8) is 0 Å². The number of nitrogens with two attached hydrogens (primary N) is 1. The Morgan fingerprint density at radius 2 is 1.71 bits per heavy atom. The van der Waals surface area contributed by atoms with Gasteiger partial charge in [-0.05, 0) is 30.3 Å². The van der Waals surface area contributed by atoms with Crippen LogP contribution in [0.15, 0.2) is 30.3 Å². The van der Waals surface area contributed by atoms with Crippen LogP contribution in [0, 0.1) is 0 Å². The molecule has 3 N–H and O–H groups in total. The zero-order valence-electron chi connectivity index (χ0n) is 10.4. The molecule has 0 saturated heterocycles. The van der Waals surface area contributed by atoms with Crippen LogP contribution in [0.5, 0.6) is 0 Å². The molecule has 2 rings (SSSR count). The van der Waals surface area contributed by atoms with Crippen molar-refractivity contribution in [2.24, 2.45) is 5.73 Å². The Balaban J connectivity index is 2.29. The van der Waals surface area contributed by atoms with Gasteiger partial charge in [-0.2, -0.15) is 0 Å². The maximum Gasteiger partial charge on any atom is 0.275 e. The lowest BCUT2D eigenvalue weighted by molar-refractivity contribution is 0.0995. The fraction of sp³-hybridized carbons (Fsp3) is 0. The van der Waals surface area contributed by atoms with Gasteiger partial charge in [0.25, 0.3) is 5.91 Å². The summed E-state index contributed by atoms with van der Waals surface area (Å²) in [7, 11) is 0. The molecule has 1 aromatic heterocycles. The molecule has 0 aliphatic heterocycles. The molecule has 0 unspecified atom stereocenters. The van der Waals surface area contributed by atoms with Crippen LogP contribution in [0.2, 0.25) is 15.2 Å². The number of halogens is 3. The first kappa shape index (κ1) is 15.6. The maximum atomic E-state index is 12.1. The maximum absolute atomic E-state index is 12.1. The summed E-state index contributed by atoms with van der Waals surface area (Å²) in [6, 6.07) is 7.26. The van der Waals surface area contributed by atoms with Crippen LogP contribution < -0.4 is 11.1 Å². The summed E-state index contributed by atoms with van der Waals surface area (Å²) in [4.78, 5) is 27.1. The van der Waals surface area contributed by atoms with Crippen molar-refractivity contribution >= 4 is 52.3 Å². The van der Waals surface area contributed by atoms with E-state index in [9.17, 15) is 9.59 Å². The number of nitrogens with zero attached hydrogens (tertiary/aromatic N) is 1. The monoisotopic (exact) mass is 343 g/mol. The Labute approximate surface area is 135 Å². The number of carbonyl (C=O) groups excluding carboxylic acids is 2. The first-order valence-electron chi connectivity index (χ1n) is 5.61. The lowest BCUT2D eigenvalue weighted by Gasteiger charge is -2.08. The first-order valence-corrected chi connectivity index (χ1v) is 6.74. The topological polar surface area (TPSA) is 85.1 Å². The number of nitrogens with one attached hydrogen (secondary N) is 1. The van der Waals surface area contributed by atoms with Crippen LogP contribution in [0.4, 0.5) is 5.69 Å². The van der Waals surface area contributed by atoms with Gasteiger partial charge in [0, 0.05) is 5.69 Å². The van der Waals surface area contributed by atoms with Crippen molar-refractivity contribution in [2.45, 2.75) is 0 Å². The minimum Gasteiger partial charge on any atom is -0.366 e. The quantitative estimate of drug-likeness (QED) is 0.837. The normalized spacial score (nSPS) is 10.2. The third-order valence-electron chi connectivity index (χ3n) is 2.52. The molecule has 1 aromatic carbocycles. The molecule has 0 saturated carbocycles. The molecule has 0 atom stereocenters. The van der Waals surface area contributed by atoms with E-state index < -0.39 is 11.8 Å². The molecule has 5 nitrogen and oxygen atoms in total. The predicted molar refractivity (Wildman–Crippen MR) is 82.2 cm³/mol. The van der Waals surface area contributed by atoms with Crippen molar-refractivity contribution in [1.29, 1.82) is 0 Å². The zero-order valence-corrected chi connectivity index (χ0v) is 12.6. The molecule has 0 aliphatic rings. The van der Waals surface area contributed by atoms with Gasteiger partial charge in [0.05, 0.1) is 15.6 Å². The number of carbonyl (C=O) groups is 2. The Morgan fingerprint density at radius 1 is 1.05 bits per heavy atom. The summed E-state index contributed by atoms with van der Waals surface area (Å²) < 4.78 is 0. The molecule has 2 amide bonds. The molecule has 108 valence electrons. The van der Waals surface area contributed by atoms with Gasteiger partial charge in [0.15, 0.2) is 0 Å². The number of hydrogen-bond donors (Lipinski definition) is 2. The van der Waals surface area contributed by atoms with Crippen molar-refractivity contribution in [3.05, 3.63) is 56.8 Å². The van der Waals surface area contributed by atoms with E-state index in [1.165, 1.54) is 30.3 Å². The van der Waals surface area contributed by atoms with Crippen LogP contribution in [-0.2, 0) is 0 Å². The summed E-state index contributed by atoms with van der Waals surface area (Å²) >= 11 is 17.4. The molecule has 21 heavy (non-hydrogen) atoms. The smallest absolute Gasteiger partial charge is 0.275 e. The molecule has 1 heterocycles. The number of hydrogen-bond acceptors (Lipinski definition) is 3. The van der Waals surface area contributed by atoms with E-state index in [0.717, 1.165) is 0 Å². The number of benzene rings is 1. The highest BCUT2D eigenvalue weighted by Gasteiger charge is 2.15. The van der Waals surface area contributed by atoms with E-state index in [2.05, 4.69) is 10.3 Å². The summed E-state index contributed by atoms with van der Waals surface area (Å²) in [5, 5.41) is 3.02. The molecule has 0 fully saturated rings. The van der Waals surface area contributed by atoms with Gasteiger partial charge in [-0.25, -0.2) is 4.98 Å². The average Bonchev–Trinajstić information content (AvgIpc) is 2.43. The second kappa shape index (κ2) is 6.30. The molecule has 0 bridgehead atoms. The summed E-state index contributed by atoms with van der Waals surface area (Å²) in [6.45, 7) is 0. The minimum atomic E-state index is -0.699. The third-order valence-corrected chi connectivity index (χ3v) is 3.36. The number of rotatable bonds is 3. The van der Waals surface area contributed by atoms with Crippen molar-refractivity contribution in [2.75, 3.05) is 5.32 Å². The van der Waals surface area contributed by atoms with Gasteiger partial charge in [-0.3, -0.25) is 9.59 Å².